The van der Waals surface area contributed by atoms with Crippen LogP contribution in [0, 0.1) is 0 Å². The van der Waals surface area contributed by atoms with Gasteiger partial charge < -0.3 is 30.1 Å². The van der Waals surface area contributed by atoms with Crippen LogP contribution in [0.1, 0.15) is 0 Å². The molecule has 0 aromatic heterocycles. The lowest BCUT2D eigenvalue weighted by Gasteiger charge is -2.47. The van der Waals surface area contributed by atoms with Crippen LogP contribution in [0.2, 0.25) is 0 Å². The fraction of sp³-hybridized carbons (Fsp3) is 0.435. The summed E-state index contributed by atoms with van der Waals surface area (Å²) in [5.74, 6) is 0. The molecule has 0 unspecified atom stereocenters. The molecule has 3 aliphatic heterocycles. The number of carbonyl (C=O) groups excluding carboxylic acids is 1. The van der Waals surface area contributed by atoms with E-state index < -0.39 is 18.4 Å². The van der Waals surface area contributed by atoms with Gasteiger partial charge >= 0.3 is 6.03 Å². The first-order valence-corrected chi connectivity index (χ1v) is 10.8. The average molecular weight is 425 g/mol. The van der Waals surface area contributed by atoms with E-state index in [1.165, 1.54) is 5.69 Å². The largest absolute Gasteiger partial charge is 0.389 e. The molecule has 164 valence electrons. The fourth-order valence-electron chi connectivity index (χ4n) is 4.72. The van der Waals surface area contributed by atoms with E-state index in [1.807, 2.05) is 48.5 Å². The minimum atomic E-state index is -0.781. The molecule has 31 heavy (non-hydrogen) atoms. The van der Waals surface area contributed by atoms with Crippen LogP contribution in [-0.2, 0) is 9.47 Å². The highest BCUT2D eigenvalue weighted by molar-refractivity contribution is 5.89. The number of ether oxygens (including phenoxy) is 2. The van der Waals surface area contributed by atoms with Gasteiger partial charge in [-0.25, -0.2) is 4.79 Å². The zero-order valence-corrected chi connectivity index (χ0v) is 17.3. The quantitative estimate of drug-likeness (QED) is 0.690. The maximum Gasteiger partial charge on any atom is 0.319 e. The van der Waals surface area contributed by atoms with Crippen molar-refractivity contribution in [1.82, 2.24) is 10.2 Å². The summed E-state index contributed by atoms with van der Waals surface area (Å²) >= 11 is 0. The molecule has 0 radical (unpaired) electrons. The van der Waals surface area contributed by atoms with Crippen molar-refractivity contribution in [3.8, 4) is 0 Å². The van der Waals surface area contributed by atoms with Gasteiger partial charge in [-0.2, -0.15) is 0 Å². The van der Waals surface area contributed by atoms with E-state index in [1.54, 1.807) is 0 Å². The summed E-state index contributed by atoms with van der Waals surface area (Å²) in [4.78, 5) is 17.1. The number of amides is 2. The molecule has 5 rings (SSSR count). The van der Waals surface area contributed by atoms with Crippen LogP contribution in [-0.4, -0.2) is 79.4 Å². The van der Waals surface area contributed by atoms with Crippen LogP contribution in [0.4, 0.5) is 16.2 Å². The number of urea groups is 1. The van der Waals surface area contributed by atoms with Crippen molar-refractivity contribution < 1.29 is 19.4 Å². The van der Waals surface area contributed by atoms with E-state index in [4.69, 9.17) is 9.47 Å². The second-order valence-electron chi connectivity index (χ2n) is 8.21. The molecule has 0 spiro atoms. The van der Waals surface area contributed by atoms with Gasteiger partial charge in [0.15, 0.2) is 6.29 Å². The molecule has 5 atom stereocenters. The Labute approximate surface area is 181 Å². The van der Waals surface area contributed by atoms with Gasteiger partial charge in [0.05, 0.1) is 24.8 Å². The van der Waals surface area contributed by atoms with E-state index >= 15 is 0 Å². The van der Waals surface area contributed by atoms with Gasteiger partial charge in [0, 0.05) is 37.6 Å². The highest BCUT2D eigenvalue weighted by Gasteiger charge is 2.52. The van der Waals surface area contributed by atoms with Crippen molar-refractivity contribution in [1.29, 1.82) is 0 Å². The summed E-state index contributed by atoms with van der Waals surface area (Å²) in [7, 11) is 0. The van der Waals surface area contributed by atoms with Gasteiger partial charge in [0.1, 0.15) is 6.10 Å². The Balaban J connectivity index is 1.23. The van der Waals surface area contributed by atoms with Crippen molar-refractivity contribution in [3.63, 3.8) is 0 Å². The van der Waals surface area contributed by atoms with Gasteiger partial charge in [0.25, 0.3) is 0 Å². The molecule has 2 bridgehead atoms. The third kappa shape index (κ3) is 4.24. The van der Waals surface area contributed by atoms with Crippen LogP contribution in [0.3, 0.4) is 0 Å². The summed E-state index contributed by atoms with van der Waals surface area (Å²) in [6, 6.07) is 18.3. The summed E-state index contributed by atoms with van der Waals surface area (Å²) in [5.41, 5.74) is 1.90. The lowest BCUT2D eigenvalue weighted by molar-refractivity contribution is -0.181. The number of nitrogens with zero attached hydrogens (tertiary/aromatic N) is 2. The molecule has 3 N–H and O–H groups in total. The van der Waals surface area contributed by atoms with Crippen molar-refractivity contribution in [2.45, 2.75) is 30.6 Å². The van der Waals surface area contributed by atoms with E-state index in [0.29, 0.717) is 12.3 Å². The first kappa shape index (κ1) is 20.3. The van der Waals surface area contributed by atoms with Crippen molar-refractivity contribution in [3.05, 3.63) is 60.7 Å². The van der Waals surface area contributed by atoms with E-state index in [-0.39, 0.29) is 18.2 Å². The maximum atomic E-state index is 12.5. The number of hydrogen-bond acceptors (Lipinski definition) is 6. The first-order chi connectivity index (χ1) is 15.2. The van der Waals surface area contributed by atoms with Crippen molar-refractivity contribution in [2.75, 3.05) is 43.0 Å². The monoisotopic (exact) mass is 424 g/mol. The SMILES string of the molecule is O=C(Nc1ccccc1)N[C@H]1[C@H](O)[C@@H](N2CCN(c3ccccc3)CC2)[C@@H]2OC[C@H]1O2. The lowest BCUT2D eigenvalue weighted by atomic mass is 9.94. The standard InChI is InChI=1S/C23H28N4O4/c28-21-19(25-23(29)24-16-7-3-1-4-8-16)18-15-30-22(31-18)20(21)27-13-11-26(12-14-27)17-9-5-2-6-10-17/h1-10,18-22,28H,11-15H2,(H2,24,25,29)/t18-,19-,20-,21+,22-/m1/s1. The number of piperazine rings is 1. The third-order valence-electron chi connectivity index (χ3n) is 6.32. The zero-order valence-electron chi connectivity index (χ0n) is 17.3. The Bertz CT molecular complexity index is 876. The van der Waals surface area contributed by atoms with Gasteiger partial charge in [0.2, 0.25) is 0 Å². The van der Waals surface area contributed by atoms with Crippen LogP contribution >= 0.6 is 0 Å². The summed E-state index contributed by atoms with van der Waals surface area (Å²) in [5, 5.41) is 16.9. The highest BCUT2D eigenvalue weighted by atomic mass is 16.7. The first-order valence-electron chi connectivity index (χ1n) is 10.8. The summed E-state index contributed by atoms with van der Waals surface area (Å²) in [6.07, 6.45) is -1.61. The van der Waals surface area contributed by atoms with Crippen molar-refractivity contribution in [2.24, 2.45) is 0 Å². The molecule has 0 saturated carbocycles. The number of fused-ring (bicyclic) bond motifs is 2. The van der Waals surface area contributed by atoms with E-state index in [0.717, 1.165) is 26.2 Å². The van der Waals surface area contributed by atoms with Gasteiger partial charge in [-0.3, -0.25) is 4.90 Å². The zero-order chi connectivity index (χ0) is 21.2. The van der Waals surface area contributed by atoms with Crippen LogP contribution in [0.25, 0.3) is 0 Å². The second kappa shape index (κ2) is 8.84. The van der Waals surface area contributed by atoms with Gasteiger partial charge in [-0.15, -0.1) is 0 Å². The number of aliphatic hydroxyl groups excluding tert-OH is 1. The van der Waals surface area contributed by atoms with Gasteiger partial charge in [-0.1, -0.05) is 36.4 Å². The molecule has 8 heteroatoms. The molecular formula is C23H28N4O4. The Morgan fingerprint density at radius 3 is 2.35 bits per heavy atom. The Hall–Kier alpha value is -2.65. The molecule has 3 heterocycles. The van der Waals surface area contributed by atoms with Crippen LogP contribution in [0.5, 0.6) is 0 Å². The number of carbonyl (C=O) groups is 1. The Kier molecular flexibility index (Phi) is 5.78. The summed E-state index contributed by atoms with van der Waals surface area (Å²) in [6.45, 7) is 3.64. The van der Waals surface area contributed by atoms with E-state index in [9.17, 15) is 9.90 Å². The number of aliphatic hydroxyl groups is 1. The van der Waals surface area contributed by atoms with Crippen LogP contribution in [0.15, 0.2) is 60.7 Å². The smallest absolute Gasteiger partial charge is 0.319 e. The number of benzene rings is 2. The molecule has 0 aliphatic carbocycles. The normalized spacial score (nSPS) is 30.7. The highest BCUT2D eigenvalue weighted by Crippen LogP contribution is 2.32. The molecule has 3 saturated heterocycles. The average Bonchev–Trinajstić information content (AvgIpc) is 3.24. The molecule has 8 nitrogen and oxygen atoms in total. The third-order valence-corrected chi connectivity index (χ3v) is 6.32. The fourth-order valence-corrected chi connectivity index (χ4v) is 4.72. The topological polar surface area (TPSA) is 86.3 Å². The maximum absolute atomic E-state index is 12.5. The number of rotatable bonds is 4. The van der Waals surface area contributed by atoms with Gasteiger partial charge in [-0.05, 0) is 24.3 Å². The Morgan fingerprint density at radius 1 is 0.968 bits per heavy atom. The molecular weight excluding hydrogens is 396 g/mol. The minimum Gasteiger partial charge on any atom is -0.389 e. The molecule has 2 aromatic carbocycles. The predicted molar refractivity (Wildman–Crippen MR) is 117 cm³/mol. The number of anilines is 2. The second-order valence-corrected chi connectivity index (χ2v) is 8.21. The number of para-hydroxylation sites is 2. The molecule has 3 aliphatic rings. The lowest BCUT2D eigenvalue weighted by Crippen LogP contribution is -2.67. The predicted octanol–water partition coefficient (Wildman–Crippen LogP) is 1.48. The molecule has 2 aromatic rings. The van der Waals surface area contributed by atoms with Crippen LogP contribution < -0.4 is 15.5 Å². The number of hydrogen-bond donors (Lipinski definition) is 3. The number of nitrogens with one attached hydrogen (secondary N) is 2. The van der Waals surface area contributed by atoms with Crippen molar-refractivity contribution >= 4 is 17.4 Å². The Morgan fingerprint density at radius 2 is 1.65 bits per heavy atom. The van der Waals surface area contributed by atoms with E-state index in [2.05, 4.69) is 32.6 Å². The minimum absolute atomic E-state index is 0.321. The molecule has 2 amide bonds. The molecule has 3 fully saturated rings. The summed E-state index contributed by atoms with van der Waals surface area (Å²) < 4.78 is 11.9.